The number of carbonyl (C=O) groups is 1. The zero-order valence-electron chi connectivity index (χ0n) is 10.8. The van der Waals surface area contributed by atoms with Crippen molar-refractivity contribution in [2.45, 2.75) is 11.8 Å². The average molecular weight is 395 g/mol. The lowest BCUT2D eigenvalue weighted by Gasteiger charge is -2.13. The van der Waals surface area contributed by atoms with Gasteiger partial charge in [-0.05, 0) is 18.6 Å². The highest BCUT2D eigenvalue weighted by atomic mass is 35.7. The second-order valence-corrected chi connectivity index (χ2v) is 9.69. The zero-order valence-corrected chi connectivity index (χ0v) is 14.7. The van der Waals surface area contributed by atoms with Crippen molar-refractivity contribution >= 4 is 64.4 Å². The fourth-order valence-corrected chi connectivity index (χ4v) is 3.90. The molecule has 0 fully saturated rings. The van der Waals surface area contributed by atoms with E-state index in [9.17, 15) is 21.6 Å². The van der Waals surface area contributed by atoms with Crippen molar-refractivity contribution in [1.29, 1.82) is 0 Å². The lowest BCUT2D eigenvalue weighted by Crippen LogP contribution is -2.22. The summed E-state index contributed by atoms with van der Waals surface area (Å²) in [6.07, 6.45) is 0.893. The smallest absolute Gasteiger partial charge is 0.261 e. The number of halogens is 3. The standard InChI is InChI=1S/C10H10Cl3NO5S2/c1-5-7(21(13,18)19)3-6(11)10(9(5)12)14-8(15)4-20(2,16)17/h3H,4H2,1-2H3,(H,14,15). The van der Waals surface area contributed by atoms with Gasteiger partial charge in [-0.3, -0.25) is 4.79 Å². The third-order valence-electron chi connectivity index (χ3n) is 2.34. The predicted octanol–water partition coefficient (Wildman–Crippen LogP) is 2.21. The second-order valence-electron chi connectivity index (χ2n) is 4.23. The monoisotopic (exact) mass is 393 g/mol. The van der Waals surface area contributed by atoms with E-state index in [1.165, 1.54) is 6.92 Å². The summed E-state index contributed by atoms with van der Waals surface area (Å²) < 4.78 is 44.8. The van der Waals surface area contributed by atoms with Crippen molar-refractivity contribution in [2.24, 2.45) is 0 Å². The first kappa shape index (κ1) is 18.5. The number of nitrogens with one attached hydrogen (secondary N) is 1. The molecule has 6 nitrogen and oxygen atoms in total. The number of hydrogen-bond donors (Lipinski definition) is 1. The number of rotatable bonds is 4. The van der Waals surface area contributed by atoms with Crippen LogP contribution in [0.4, 0.5) is 5.69 Å². The van der Waals surface area contributed by atoms with Gasteiger partial charge in [0.1, 0.15) is 5.75 Å². The van der Waals surface area contributed by atoms with Gasteiger partial charge >= 0.3 is 0 Å². The topological polar surface area (TPSA) is 97.4 Å². The minimum atomic E-state index is -4.06. The van der Waals surface area contributed by atoms with E-state index in [4.69, 9.17) is 33.9 Å². The molecular formula is C10H10Cl3NO5S2. The molecule has 1 amide bonds. The van der Waals surface area contributed by atoms with Crippen LogP contribution in [0.25, 0.3) is 0 Å². The molecule has 1 N–H and O–H groups in total. The Bertz CT molecular complexity index is 802. The largest absolute Gasteiger partial charge is 0.323 e. The van der Waals surface area contributed by atoms with Crippen molar-refractivity contribution in [1.82, 2.24) is 0 Å². The van der Waals surface area contributed by atoms with Gasteiger partial charge in [-0.1, -0.05) is 23.2 Å². The van der Waals surface area contributed by atoms with Crippen LogP contribution in [0.15, 0.2) is 11.0 Å². The molecule has 0 unspecified atom stereocenters. The van der Waals surface area contributed by atoms with Gasteiger partial charge in [-0.25, -0.2) is 16.8 Å². The Morgan fingerprint density at radius 3 is 2.19 bits per heavy atom. The van der Waals surface area contributed by atoms with Crippen LogP contribution >= 0.6 is 33.9 Å². The molecule has 0 heterocycles. The minimum Gasteiger partial charge on any atom is -0.323 e. The fourth-order valence-electron chi connectivity index (χ4n) is 1.48. The number of amides is 1. The lowest BCUT2D eigenvalue weighted by atomic mass is 10.2. The second kappa shape index (κ2) is 6.29. The van der Waals surface area contributed by atoms with Gasteiger partial charge in [0.25, 0.3) is 9.05 Å². The summed E-state index contributed by atoms with van der Waals surface area (Å²) in [4.78, 5) is 11.3. The normalized spacial score (nSPS) is 12.2. The molecule has 0 atom stereocenters. The first-order valence-corrected chi connectivity index (χ1v) is 10.4. The molecule has 0 bridgehead atoms. The Labute approximate surface area is 136 Å². The van der Waals surface area contributed by atoms with Gasteiger partial charge in [0.15, 0.2) is 9.84 Å². The molecule has 0 aliphatic rings. The summed E-state index contributed by atoms with van der Waals surface area (Å²) in [6.45, 7) is 1.38. The molecule has 0 spiro atoms. The van der Waals surface area contributed by atoms with E-state index in [-0.39, 0.29) is 26.2 Å². The lowest BCUT2D eigenvalue weighted by molar-refractivity contribution is -0.113. The van der Waals surface area contributed by atoms with Crippen LogP contribution in [-0.2, 0) is 23.7 Å². The van der Waals surface area contributed by atoms with Crippen molar-refractivity contribution in [3.63, 3.8) is 0 Å². The minimum absolute atomic E-state index is 0.0754. The van der Waals surface area contributed by atoms with E-state index in [1.807, 2.05) is 0 Å². The predicted molar refractivity (Wildman–Crippen MR) is 82.6 cm³/mol. The number of sulfone groups is 1. The zero-order chi connectivity index (χ0) is 16.6. The molecule has 11 heteroatoms. The molecule has 1 aromatic rings. The van der Waals surface area contributed by atoms with E-state index >= 15 is 0 Å². The highest BCUT2D eigenvalue weighted by molar-refractivity contribution is 8.13. The van der Waals surface area contributed by atoms with Crippen LogP contribution in [-0.4, -0.2) is 34.8 Å². The first-order chi connectivity index (χ1) is 9.33. The molecule has 21 heavy (non-hydrogen) atoms. The fraction of sp³-hybridized carbons (Fsp3) is 0.300. The van der Waals surface area contributed by atoms with Crippen molar-refractivity contribution < 1.29 is 21.6 Å². The van der Waals surface area contributed by atoms with E-state index in [2.05, 4.69) is 5.32 Å². The molecule has 0 aromatic heterocycles. The molecule has 0 aliphatic carbocycles. The van der Waals surface area contributed by atoms with E-state index in [0.717, 1.165) is 12.3 Å². The first-order valence-electron chi connectivity index (χ1n) is 5.24. The Morgan fingerprint density at radius 2 is 1.76 bits per heavy atom. The molecule has 1 rings (SSSR count). The van der Waals surface area contributed by atoms with Gasteiger partial charge in [-0.15, -0.1) is 0 Å². The van der Waals surface area contributed by atoms with Crippen molar-refractivity contribution in [2.75, 3.05) is 17.3 Å². The summed E-state index contributed by atoms with van der Waals surface area (Å²) in [6, 6.07) is 1.03. The van der Waals surface area contributed by atoms with Crippen LogP contribution in [0.5, 0.6) is 0 Å². The van der Waals surface area contributed by atoms with Crippen LogP contribution in [0, 0.1) is 6.92 Å². The third kappa shape index (κ3) is 5.00. The molecule has 0 saturated heterocycles. The highest BCUT2D eigenvalue weighted by Gasteiger charge is 2.22. The quantitative estimate of drug-likeness (QED) is 0.790. The van der Waals surface area contributed by atoms with Crippen molar-refractivity contribution in [3.8, 4) is 0 Å². The Balaban J connectivity index is 3.29. The van der Waals surface area contributed by atoms with E-state index in [1.54, 1.807) is 0 Å². The third-order valence-corrected chi connectivity index (χ3v) is 5.34. The van der Waals surface area contributed by atoms with Crippen molar-refractivity contribution in [3.05, 3.63) is 21.7 Å². The number of anilines is 1. The SMILES string of the molecule is Cc1c(S(=O)(=O)Cl)cc(Cl)c(NC(=O)CS(C)(=O)=O)c1Cl. The van der Waals surface area contributed by atoms with Gasteiger partial charge in [0, 0.05) is 16.9 Å². The van der Waals surface area contributed by atoms with E-state index in [0.29, 0.717) is 0 Å². The number of benzene rings is 1. The summed E-state index contributed by atoms with van der Waals surface area (Å²) in [7, 11) is -2.34. The van der Waals surface area contributed by atoms with Crippen LogP contribution in [0.1, 0.15) is 5.56 Å². The van der Waals surface area contributed by atoms with Gasteiger partial charge in [0.2, 0.25) is 5.91 Å². The summed E-state index contributed by atoms with van der Waals surface area (Å²) in [5, 5.41) is 1.92. The molecule has 0 radical (unpaired) electrons. The maximum Gasteiger partial charge on any atom is 0.261 e. The maximum atomic E-state index is 11.6. The van der Waals surface area contributed by atoms with Crippen LogP contribution in [0.3, 0.4) is 0 Å². The summed E-state index contributed by atoms with van der Waals surface area (Å²) >= 11 is 11.8. The summed E-state index contributed by atoms with van der Waals surface area (Å²) in [5.41, 5.74) is 0.0132. The molecule has 1 aromatic carbocycles. The number of carbonyl (C=O) groups excluding carboxylic acids is 1. The van der Waals surface area contributed by atoms with Gasteiger partial charge in [-0.2, -0.15) is 0 Å². The van der Waals surface area contributed by atoms with Gasteiger partial charge < -0.3 is 5.32 Å². The molecule has 118 valence electrons. The Kier molecular flexibility index (Phi) is 5.55. The Morgan fingerprint density at radius 1 is 1.24 bits per heavy atom. The highest BCUT2D eigenvalue weighted by Crippen LogP contribution is 2.38. The van der Waals surface area contributed by atoms with Crippen LogP contribution < -0.4 is 5.32 Å². The van der Waals surface area contributed by atoms with E-state index < -0.39 is 30.5 Å². The van der Waals surface area contributed by atoms with Gasteiger partial charge in [0.05, 0.1) is 20.6 Å². The summed E-state index contributed by atoms with van der Waals surface area (Å²) in [5.74, 6) is -1.60. The Hall–Kier alpha value is -0.540. The molecule has 0 saturated carbocycles. The molecule has 0 aliphatic heterocycles. The average Bonchev–Trinajstić information content (AvgIpc) is 2.25. The number of hydrogen-bond acceptors (Lipinski definition) is 5. The maximum absolute atomic E-state index is 11.6. The molecular weight excluding hydrogens is 385 g/mol. The van der Waals surface area contributed by atoms with Crippen LogP contribution in [0.2, 0.25) is 10.0 Å².